The van der Waals surface area contributed by atoms with Crippen LogP contribution in [0.25, 0.3) is 5.65 Å². The molecule has 0 atom stereocenters. The average molecular weight is 362 g/mol. The molecule has 0 unspecified atom stereocenters. The van der Waals surface area contributed by atoms with Gasteiger partial charge in [-0.3, -0.25) is 18.8 Å². The summed E-state index contributed by atoms with van der Waals surface area (Å²) in [5.41, 5.74) is 0.933. The van der Waals surface area contributed by atoms with Crippen LogP contribution in [0.4, 0.5) is 11.5 Å². The van der Waals surface area contributed by atoms with E-state index in [2.05, 4.69) is 15.1 Å². The minimum Gasteiger partial charge on any atom is -0.478 e. The number of para-hydroxylation sites is 1. The van der Waals surface area contributed by atoms with E-state index in [9.17, 15) is 14.7 Å². The van der Waals surface area contributed by atoms with Crippen molar-refractivity contribution in [3.05, 3.63) is 72.6 Å². The summed E-state index contributed by atoms with van der Waals surface area (Å²) >= 11 is 0. The van der Waals surface area contributed by atoms with Gasteiger partial charge in [0.25, 0.3) is 5.91 Å². The van der Waals surface area contributed by atoms with Crippen molar-refractivity contribution in [2.45, 2.75) is 0 Å². The van der Waals surface area contributed by atoms with Gasteiger partial charge in [0, 0.05) is 25.5 Å². The number of aromatic carboxylic acids is 1. The Bertz CT molecular complexity index is 1150. The van der Waals surface area contributed by atoms with Crippen LogP contribution in [0, 0.1) is 0 Å². The molecule has 0 aliphatic rings. The quantitative estimate of drug-likeness (QED) is 0.596. The van der Waals surface area contributed by atoms with Crippen LogP contribution < -0.4 is 4.90 Å². The predicted molar refractivity (Wildman–Crippen MR) is 96.1 cm³/mol. The highest BCUT2D eigenvalue weighted by Crippen LogP contribution is 2.27. The van der Waals surface area contributed by atoms with Crippen LogP contribution >= 0.6 is 0 Å². The van der Waals surface area contributed by atoms with E-state index < -0.39 is 11.9 Å². The molecule has 1 amide bonds. The first-order chi connectivity index (χ1) is 13.1. The number of nitrogens with zero attached hydrogens (tertiary/aromatic N) is 6. The van der Waals surface area contributed by atoms with Crippen LogP contribution in [0.5, 0.6) is 0 Å². The SMILES string of the molecule is Cn1ncc(C(=O)O)c1C(=O)N(c1ccccc1)c1cc2nccn2cn1. The second-order valence-corrected chi connectivity index (χ2v) is 5.75. The number of aryl methyl sites for hydroxylation is 1. The van der Waals surface area contributed by atoms with Gasteiger partial charge in [-0.15, -0.1) is 0 Å². The number of rotatable bonds is 4. The zero-order chi connectivity index (χ0) is 19.0. The zero-order valence-electron chi connectivity index (χ0n) is 14.2. The normalized spacial score (nSPS) is 10.9. The largest absolute Gasteiger partial charge is 0.478 e. The Kier molecular flexibility index (Phi) is 3.88. The highest BCUT2D eigenvalue weighted by Gasteiger charge is 2.29. The maximum absolute atomic E-state index is 13.4. The smallest absolute Gasteiger partial charge is 0.339 e. The Morgan fingerprint density at radius 1 is 1.15 bits per heavy atom. The Labute approximate surface area is 153 Å². The predicted octanol–water partition coefficient (Wildman–Crippen LogP) is 2.14. The van der Waals surface area contributed by atoms with Crippen molar-refractivity contribution in [2.24, 2.45) is 7.05 Å². The van der Waals surface area contributed by atoms with E-state index in [4.69, 9.17) is 0 Å². The van der Waals surface area contributed by atoms with E-state index >= 15 is 0 Å². The van der Waals surface area contributed by atoms with Crippen LogP contribution in [0.1, 0.15) is 20.8 Å². The van der Waals surface area contributed by atoms with Gasteiger partial charge in [0.05, 0.1) is 11.9 Å². The second kappa shape index (κ2) is 6.37. The van der Waals surface area contributed by atoms with Gasteiger partial charge in [-0.2, -0.15) is 5.10 Å². The lowest BCUT2D eigenvalue weighted by atomic mass is 10.2. The molecule has 4 aromatic rings. The van der Waals surface area contributed by atoms with E-state index in [0.717, 1.165) is 6.20 Å². The average Bonchev–Trinajstić information content (AvgIpc) is 3.28. The number of imidazole rings is 1. The van der Waals surface area contributed by atoms with Gasteiger partial charge < -0.3 is 5.11 Å². The molecule has 27 heavy (non-hydrogen) atoms. The molecule has 0 aliphatic carbocycles. The maximum Gasteiger partial charge on any atom is 0.339 e. The minimum absolute atomic E-state index is 0.0450. The lowest BCUT2D eigenvalue weighted by Gasteiger charge is -2.22. The van der Waals surface area contributed by atoms with Crippen LogP contribution in [-0.2, 0) is 7.05 Å². The molecule has 0 bridgehead atoms. The lowest BCUT2D eigenvalue weighted by molar-refractivity contribution is 0.0691. The lowest BCUT2D eigenvalue weighted by Crippen LogP contribution is -2.30. The number of anilines is 2. The molecule has 0 radical (unpaired) electrons. The van der Waals surface area contributed by atoms with Crippen molar-refractivity contribution < 1.29 is 14.7 Å². The third-order valence-electron chi connectivity index (χ3n) is 4.09. The number of carboxylic acid groups (broad SMARTS) is 1. The number of carboxylic acids is 1. The van der Waals surface area contributed by atoms with Gasteiger partial charge in [-0.05, 0) is 12.1 Å². The molecule has 0 aliphatic heterocycles. The number of aromatic nitrogens is 5. The third kappa shape index (κ3) is 2.80. The van der Waals surface area contributed by atoms with Gasteiger partial charge in [0.1, 0.15) is 29.0 Å². The molecule has 4 rings (SSSR count). The standard InChI is InChI=1S/C18H14N6O3/c1-22-16(13(10-21-22)18(26)27)17(25)24(12-5-3-2-4-6-12)15-9-14-19-7-8-23(14)11-20-15/h2-11H,1H3,(H,26,27). The summed E-state index contributed by atoms with van der Waals surface area (Å²) in [6.07, 6.45) is 6.07. The van der Waals surface area contributed by atoms with Gasteiger partial charge in [-0.25, -0.2) is 14.8 Å². The van der Waals surface area contributed by atoms with Crippen LogP contribution in [0.3, 0.4) is 0 Å². The molecule has 134 valence electrons. The number of fused-ring (bicyclic) bond motifs is 1. The monoisotopic (exact) mass is 362 g/mol. The number of hydrogen-bond acceptors (Lipinski definition) is 5. The van der Waals surface area contributed by atoms with Crippen molar-refractivity contribution in [3.63, 3.8) is 0 Å². The summed E-state index contributed by atoms with van der Waals surface area (Å²) < 4.78 is 2.96. The van der Waals surface area contributed by atoms with Crippen molar-refractivity contribution >= 4 is 29.0 Å². The number of carbonyl (C=O) groups is 2. The summed E-state index contributed by atoms with van der Waals surface area (Å²) in [5, 5.41) is 13.3. The maximum atomic E-state index is 13.4. The minimum atomic E-state index is -1.23. The molecule has 9 nitrogen and oxygen atoms in total. The fourth-order valence-corrected chi connectivity index (χ4v) is 2.81. The highest BCUT2D eigenvalue weighted by molar-refractivity contribution is 6.14. The molecule has 3 heterocycles. The Hall–Kier alpha value is -4.01. The van der Waals surface area contributed by atoms with E-state index in [1.165, 1.54) is 16.6 Å². The van der Waals surface area contributed by atoms with Crippen molar-refractivity contribution in [1.29, 1.82) is 0 Å². The molecule has 0 saturated heterocycles. The van der Waals surface area contributed by atoms with Crippen LogP contribution in [0.15, 0.2) is 61.3 Å². The Morgan fingerprint density at radius 3 is 2.67 bits per heavy atom. The van der Waals surface area contributed by atoms with Crippen molar-refractivity contribution in [2.75, 3.05) is 4.90 Å². The highest BCUT2D eigenvalue weighted by atomic mass is 16.4. The van der Waals surface area contributed by atoms with E-state index in [1.807, 2.05) is 6.07 Å². The summed E-state index contributed by atoms with van der Waals surface area (Å²) in [5.74, 6) is -1.46. The summed E-state index contributed by atoms with van der Waals surface area (Å²) in [7, 11) is 1.52. The molecule has 0 saturated carbocycles. The molecule has 1 N–H and O–H groups in total. The molecular weight excluding hydrogens is 348 g/mol. The molecule has 0 fully saturated rings. The molecule has 0 spiro atoms. The third-order valence-corrected chi connectivity index (χ3v) is 4.09. The van der Waals surface area contributed by atoms with Crippen LogP contribution in [0.2, 0.25) is 0 Å². The van der Waals surface area contributed by atoms with Gasteiger partial charge in [0.15, 0.2) is 0 Å². The first-order valence-electron chi connectivity index (χ1n) is 8.00. The Balaban J connectivity index is 1.90. The summed E-state index contributed by atoms with van der Waals surface area (Å²) in [4.78, 5) is 34.8. The van der Waals surface area contributed by atoms with Gasteiger partial charge >= 0.3 is 5.97 Å². The van der Waals surface area contributed by atoms with Crippen molar-refractivity contribution in [3.8, 4) is 0 Å². The number of carbonyl (C=O) groups excluding carboxylic acids is 1. The van der Waals surface area contributed by atoms with E-state index in [-0.39, 0.29) is 11.3 Å². The van der Waals surface area contributed by atoms with Gasteiger partial charge in [0.2, 0.25) is 0 Å². The molecule has 1 aromatic carbocycles. The molecular formula is C18H14N6O3. The first kappa shape index (κ1) is 16.5. The Morgan fingerprint density at radius 2 is 1.93 bits per heavy atom. The second-order valence-electron chi connectivity index (χ2n) is 5.75. The van der Waals surface area contributed by atoms with E-state index in [0.29, 0.717) is 17.2 Å². The number of benzene rings is 1. The summed E-state index contributed by atoms with van der Waals surface area (Å²) in [6, 6.07) is 10.5. The summed E-state index contributed by atoms with van der Waals surface area (Å²) in [6.45, 7) is 0. The molecule has 3 aromatic heterocycles. The van der Waals surface area contributed by atoms with Crippen molar-refractivity contribution in [1.82, 2.24) is 24.1 Å². The first-order valence-corrected chi connectivity index (χ1v) is 8.00. The fourth-order valence-electron chi connectivity index (χ4n) is 2.81. The number of amides is 1. The van der Waals surface area contributed by atoms with Crippen LogP contribution in [-0.4, -0.2) is 41.1 Å². The number of hydrogen-bond donors (Lipinski definition) is 1. The topological polar surface area (TPSA) is 106 Å². The zero-order valence-corrected chi connectivity index (χ0v) is 14.2. The van der Waals surface area contributed by atoms with E-state index in [1.54, 1.807) is 53.5 Å². The van der Waals surface area contributed by atoms with Gasteiger partial charge in [-0.1, -0.05) is 18.2 Å². The molecule has 9 heteroatoms. The fraction of sp³-hybridized carbons (Fsp3) is 0.0556.